The second-order valence-electron chi connectivity index (χ2n) is 4.89. The highest BCUT2D eigenvalue weighted by Gasteiger charge is 2.11. The summed E-state index contributed by atoms with van der Waals surface area (Å²) in [4.78, 5) is 0. The van der Waals surface area contributed by atoms with Crippen molar-refractivity contribution in [1.29, 1.82) is 0 Å². The van der Waals surface area contributed by atoms with Gasteiger partial charge in [-0.05, 0) is 60.7 Å². The zero-order valence-corrected chi connectivity index (χ0v) is 12.5. The van der Waals surface area contributed by atoms with E-state index >= 15 is 0 Å². The number of nitrogens with two attached hydrogens (primary N) is 1. The lowest BCUT2D eigenvalue weighted by Gasteiger charge is -2.15. The average molecular weight is 340 g/mol. The number of halogens is 3. The van der Waals surface area contributed by atoms with E-state index < -0.39 is 11.6 Å². The molecule has 2 rings (SSSR count). The van der Waals surface area contributed by atoms with E-state index in [0.717, 1.165) is 22.5 Å². The maximum atomic E-state index is 13.2. The smallest absolute Gasteiger partial charge is 0.159 e. The van der Waals surface area contributed by atoms with Crippen LogP contribution in [0.5, 0.6) is 0 Å². The van der Waals surface area contributed by atoms with Crippen LogP contribution in [0.25, 0.3) is 0 Å². The summed E-state index contributed by atoms with van der Waals surface area (Å²) in [6.45, 7) is 0.505. The van der Waals surface area contributed by atoms with Gasteiger partial charge in [0.1, 0.15) is 0 Å². The molecule has 0 saturated heterocycles. The first kappa shape index (κ1) is 15.1. The molecule has 2 aromatic rings. The van der Waals surface area contributed by atoms with Crippen molar-refractivity contribution < 1.29 is 8.78 Å². The largest absolute Gasteiger partial charge is 0.330 e. The van der Waals surface area contributed by atoms with Crippen LogP contribution < -0.4 is 5.73 Å². The fourth-order valence-electron chi connectivity index (χ4n) is 2.24. The molecule has 0 heterocycles. The van der Waals surface area contributed by atoms with Gasteiger partial charge in [-0.2, -0.15) is 0 Å². The zero-order valence-electron chi connectivity index (χ0n) is 11.0. The Morgan fingerprint density at radius 1 is 0.950 bits per heavy atom. The standard InChI is InChI=1S/C16H16BrF2N/c17-14-3-1-2-11(8-14)6-13(10-20)7-12-4-5-15(18)16(19)9-12/h1-5,8-9,13H,6-7,10,20H2. The quantitative estimate of drug-likeness (QED) is 0.872. The lowest BCUT2D eigenvalue weighted by molar-refractivity contribution is 0.499. The molecular formula is C16H16BrF2N. The van der Waals surface area contributed by atoms with Gasteiger partial charge in [-0.3, -0.25) is 0 Å². The summed E-state index contributed by atoms with van der Waals surface area (Å²) in [7, 11) is 0. The number of hydrogen-bond donors (Lipinski definition) is 1. The van der Waals surface area contributed by atoms with Crippen LogP contribution in [0.4, 0.5) is 8.78 Å². The SMILES string of the molecule is NCC(Cc1cccc(Br)c1)Cc1ccc(F)c(F)c1. The van der Waals surface area contributed by atoms with Gasteiger partial charge in [0.15, 0.2) is 11.6 Å². The van der Waals surface area contributed by atoms with Crippen molar-refractivity contribution in [3.05, 3.63) is 69.7 Å². The van der Waals surface area contributed by atoms with Crippen LogP contribution in [0.15, 0.2) is 46.9 Å². The summed E-state index contributed by atoms with van der Waals surface area (Å²) in [5, 5.41) is 0. The van der Waals surface area contributed by atoms with Gasteiger partial charge in [-0.15, -0.1) is 0 Å². The molecule has 0 aliphatic heterocycles. The number of benzene rings is 2. The van der Waals surface area contributed by atoms with Gasteiger partial charge >= 0.3 is 0 Å². The molecule has 0 saturated carbocycles. The molecule has 0 aliphatic rings. The Kier molecular flexibility index (Phi) is 5.26. The minimum absolute atomic E-state index is 0.203. The molecule has 0 aliphatic carbocycles. The van der Waals surface area contributed by atoms with E-state index in [9.17, 15) is 8.78 Å². The topological polar surface area (TPSA) is 26.0 Å². The molecule has 0 fully saturated rings. The van der Waals surface area contributed by atoms with Gasteiger partial charge < -0.3 is 5.73 Å². The van der Waals surface area contributed by atoms with Crippen molar-refractivity contribution in [2.45, 2.75) is 12.8 Å². The molecule has 1 nitrogen and oxygen atoms in total. The minimum Gasteiger partial charge on any atom is -0.330 e. The van der Waals surface area contributed by atoms with Crippen LogP contribution in [0.3, 0.4) is 0 Å². The van der Waals surface area contributed by atoms with E-state index in [4.69, 9.17) is 5.73 Å². The number of rotatable bonds is 5. The summed E-state index contributed by atoms with van der Waals surface area (Å²) in [6.07, 6.45) is 1.45. The highest BCUT2D eigenvalue weighted by molar-refractivity contribution is 9.10. The van der Waals surface area contributed by atoms with E-state index in [1.807, 2.05) is 24.3 Å². The molecule has 4 heteroatoms. The lowest BCUT2D eigenvalue weighted by Crippen LogP contribution is -2.19. The average Bonchev–Trinajstić information content (AvgIpc) is 2.42. The third kappa shape index (κ3) is 4.12. The highest BCUT2D eigenvalue weighted by atomic mass is 79.9. The van der Waals surface area contributed by atoms with Crippen LogP contribution in [0.2, 0.25) is 0 Å². The fourth-order valence-corrected chi connectivity index (χ4v) is 2.68. The summed E-state index contributed by atoms with van der Waals surface area (Å²) < 4.78 is 27.1. The Balaban J connectivity index is 2.07. The molecular weight excluding hydrogens is 324 g/mol. The van der Waals surface area contributed by atoms with Crippen molar-refractivity contribution in [2.75, 3.05) is 6.54 Å². The molecule has 0 radical (unpaired) electrons. The Morgan fingerprint density at radius 3 is 2.25 bits per heavy atom. The number of hydrogen-bond acceptors (Lipinski definition) is 1. The molecule has 1 atom stereocenters. The monoisotopic (exact) mass is 339 g/mol. The fraction of sp³-hybridized carbons (Fsp3) is 0.250. The van der Waals surface area contributed by atoms with Gasteiger partial charge in [-0.25, -0.2) is 8.78 Å². The highest BCUT2D eigenvalue weighted by Crippen LogP contribution is 2.18. The summed E-state index contributed by atoms with van der Waals surface area (Å²) in [5.74, 6) is -1.42. The summed E-state index contributed by atoms with van der Waals surface area (Å²) in [6, 6.07) is 12.1. The van der Waals surface area contributed by atoms with Gasteiger partial charge in [0.25, 0.3) is 0 Å². The van der Waals surface area contributed by atoms with Crippen LogP contribution in [0, 0.1) is 17.6 Å². The van der Waals surface area contributed by atoms with Gasteiger partial charge in [-0.1, -0.05) is 34.1 Å². The molecule has 106 valence electrons. The van der Waals surface area contributed by atoms with Crippen molar-refractivity contribution in [3.8, 4) is 0 Å². The third-order valence-electron chi connectivity index (χ3n) is 3.26. The lowest BCUT2D eigenvalue weighted by atomic mass is 9.92. The Hall–Kier alpha value is -1.26. The second-order valence-corrected chi connectivity index (χ2v) is 5.80. The van der Waals surface area contributed by atoms with Crippen LogP contribution in [-0.2, 0) is 12.8 Å². The third-order valence-corrected chi connectivity index (χ3v) is 3.75. The summed E-state index contributed by atoms with van der Waals surface area (Å²) in [5.41, 5.74) is 7.75. The molecule has 0 aromatic heterocycles. The molecule has 0 bridgehead atoms. The first-order valence-corrected chi connectivity index (χ1v) is 7.26. The zero-order chi connectivity index (χ0) is 14.5. The van der Waals surface area contributed by atoms with E-state index in [1.54, 1.807) is 6.07 Å². The van der Waals surface area contributed by atoms with Gasteiger partial charge in [0, 0.05) is 4.47 Å². The molecule has 0 amide bonds. The normalized spacial score (nSPS) is 12.4. The molecule has 0 spiro atoms. The Labute approximate surface area is 125 Å². The molecule has 1 unspecified atom stereocenters. The van der Waals surface area contributed by atoms with E-state index in [2.05, 4.69) is 15.9 Å². The maximum Gasteiger partial charge on any atom is 0.159 e. The van der Waals surface area contributed by atoms with E-state index in [0.29, 0.717) is 13.0 Å². The van der Waals surface area contributed by atoms with Crippen LogP contribution in [-0.4, -0.2) is 6.54 Å². The first-order chi connectivity index (χ1) is 9.58. The Morgan fingerprint density at radius 2 is 1.65 bits per heavy atom. The summed E-state index contributed by atoms with van der Waals surface area (Å²) >= 11 is 3.44. The molecule has 2 N–H and O–H groups in total. The first-order valence-electron chi connectivity index (χ1n) is 6.47. The van der Waals surface area contributed by atoms with Crippen molar-refractivity contribution in [1.82, 2.24) is 0 Å². The molecule has 20 heavy (non-hydrogen) atoms. The minimum atomic E-state index is -0.815. The van der Waals surface area contributed by atoms with E-state index in [-0.39, 0.29) is 5.92 Å². The predicted molar refractivity (Wildman–Crippen MR) is 80.5 cm³/mol. The van der Waals surface area contributed by atoms with Crippen molar-refractivity contribution >= 4 is 15.9 Å². The maximum absolute atomic E-state index is 13.2. The second kappa shape index (κ2) is 6.95. The predicted octanol–water partition coefficient (Wildman–Crippen LogP) is 4.09. The van der Waals surface area contributed by atoms with Crippen molar-refractivity contribution in [2.24, 2.45) is 11.7 Å². The van der Waals surface area contributed by atoms with Crippen molar-refractivity contribution in [3.63, 3.8) is 0 Å². The van der Waals surface area contributed by atoms with Gasteiger partial charge in [0.05, 0.1) is 0 Å². The Bertz CT molecular complexity index is 586. The van der Waals surface area contributed by atoms with Gasteiger partial charge in [0.2, 0.25) is 0 Å². The van der Waals surface area contributed by atoms with Crippen LogP contribution >= 0.6 is 15.9 Å². The van der Waals surface area contributed by atoms with Crippen LogP contribution in [0.1, 0.15) is 11.1 Å². The van der Waals surface area contributed by atoms with E-state index in [1.165, 1.54) is 11.6 Å². The molecule has 2 aromatic carbocycles.